The number of phenolic OH excluding ortho intramolecular Hbond substituents is 1. The molecule has 0 radical (unpaired) electrons. The number of aliphatic hydroxyl groups is 1. The van der Waals surface area contributed by atoms with Crippen molar-refractivity contribution in [2.24, 2.45) is 11.8 Å². The molecule has 0 aromatic heterocycles. The van der Waals surface area contributed by atoms with Crippen molar-refractivity contribution in [3.8, 4) is 5.75 Å². The van der Waals surface area contributed by atoms with E-state index < -0.39 is 6.10 Å². The van der Waals surface area contributed by atoms with E-state index in [-0.39, 0.29) is 5.75 Å². The molecule has 1 saturated heterocycles. The molecule has 110 valence electrons. The average molecular weight is 275 g/mol. The molecule has 3 heteroatoms. The van der Waals surface area contributed by atoms with Crippen molar-refractivity contribution in [3.05, 3.63) is 29.8 Å². The van der Waals surface area contributed by atoms with Gasteiger partial charge < -0.3 is 15.1 Å². The fraction of sp³-hybridized carbons (Fsp3) is 0.647. The van der Waals surface area contributed by atoms with Crippen LogP contribution in [0.4, 0.5) is 0 Å². The van der Waals surface area contributed by atoms with Crippen LogP contribution in [0.25, 0.3) is 0 Å². The van der Waals surface area contributed by atoms with E-state index in [0.717, 1.165) is 30.4 Å². The molecule has 0 spiro atoms. The highest BCUT2D eigenvalue weighted by Crippen LogP contribution is 2.36. The van der Waals surface area contributed by atoms with Crippen molar-refractivity contribution >= 4 is 0 Å². The molecule has 1 aliphatic carbocycles. The van der Waals surface area contributed by atoms with Gasteiger partial charge in [-0.15, -0.1) is 0 Å². The first-order chi connectivity index (χ1) is 9.70. The number of aromatic hydroxyl groups is 1. The quantitative estimate of drug-likeness (QED) is 0.888. The Bertz CT molecular complexity index is 431. The predicted octanol–water partition coefficient (Wildman–Crippen LogP) is 2.94. The Morgan fingerprint density at radius 2 is 1.85 bits per heavy atom. The van der Waals surface area contributed by atoms with Crippen LogP contribution in [0.1, 0.15) is 43.8 Å². The second-order valence-corrected chi connectivity index (χ2v) is 6.53. The molecular weight excluding hydrogens is 250 g/mol. The molecule has 2 bridgehead atoms. The minimum atomic E-state index is -0.420. The molecule has 0 amide bonds. The average Bonchev–Trinajstić information content (AvgIpc) is 2.78. The number of rotatable bonds is 4. The summed E-state index contributed by atoms with van der Waals surface area (Å²) in [5, 5.41) is 19.5. The molecule has 1 aromatic carbocycles. The van der Waals surface area contributed by atoms with Gasteiger partial charge in [-0.05, 0) is 61.8 Å². The molecule has 2 fully saturated rings. The van der Waals surface area contributed by atoms with Gasteiger partial charge in [0.2, 0.25) is 0 Å². The summed E-state index contributed by atoms with van der Waals surface area (Å²) >= 11 is 0. The molecule has 1 aromatic rings. The summed E-state index contributed by atoms with van der Waals surface area (Å²) in [6.07, 6.45) is 5.97. The normalized spacial score (nSPS) is 28.2. The molecule has 3 atom stereocenters. The van der Waals surface area contributed by atoms with Crippen LogP contribution in [0.5, 0.6) is 5.75 Å². The molecule has 3 rings (SSSR count). The van der Waals surface area contributed by atoms with E-state index in [9.17, 15) is 10.2 Å². The van der Waals surface area contributed by atoms with Crippen LogP contribution in [0.15, 0.2) is 24.3 Å². The molecule has 2 aliphatic rings. The number of benzene rings is 1. The van der Waals surface area contributed by atoms with Crippen LogP contribution in [0.2, 0.25) is 0 Å². The van der Waals surface area contributed by atoms with Crippen molar-refractivity contribution in [1.82, 2.24) is 4.90 Å². The van der Waals surface area contributed by atoms with Gasteiger partial charge in [0.25, 0.3) is 0 Å². The van der Waals surface area contributed by atoms with Crippen molar-refractivity contribution in [1.29, 1.82) is 0 Å². The van der Waals surface area contributed by atoms with E-state index in [4.69, 9.17) is 0 Å². The number of nitrogens with zero attached hydrogens (tertiary/aromatic N) is 1. The Balaban J connectivity index is 1.50. The van der Waals surface area contributed by atoms with Gasteiger partial charge in [-0.25, -0.2) is 0 Å². The summed E-state index contributed by atoms with van der Waals surface area (Å²) in [6, 6.07) is 6.90. The maximum Gasteiger partial charge on any atom is 0.115 e. The monoisotopic (exact) mass is 275 g/mol. The number of likely N-dealkylation sites (tertiary alicyclic amines) is 1. The summed E-state index contributed by atoms with van der Waals surface area (Å²) in [4.78, 5) is 2.54. The summed E-state index contributed by atoms with van der Waals surface area (Å²) in [5.41, 5.74) is 0.902. The molecular formula is C17H25NO2. The first kappa shape index (κ1) is 13.9. The molecule has 1 heterocycles. The lowest BCUT2D eigenvalue weighted by Crippen LogP contribution is -2.30. The van der Waals surface area contributed by atoms with Crippen LogP contribution in [-0.4, -0.2) is 34.7 Å². The fourth-order valence-corrected chi connectivity index (χ4v) is 3.80. The second-order valence-electron chi connectivity index (χ2n) is 6.53. The lowest BCUT2D eigenvalue weighted by Gasteiger charge is -2.25. The molecule has 2 N–H and O–H groups in total. The predicted molar refractivity (Wildman–Crippen MR) is 79.6 cm³/mol. The van der Waals surface area contributed by atoms with Crippen LogP contribution < -0.4 is 0 Å². The topological polar surface area (TPSA) is 43.7 Å². The van der Waals surface area contributed by atoms with Gasteiger partial charge in [-0.1, -0.05) is 18.6 Å². The Labute approximate surface area is 121 Å². The highest BCUT2D eigenvalue weighted by atomic mass is 16.3. The zero-order valence-electron chi connectivity index (χ0n) is 12.0. The summed E-state index contributed by atoms with van der Waals surface area (Å²) in [7, 11) is 0. The molecule has 3 unspecified atom stereocenters. The maximum absolute atomic E-state index is 10.2. The smallest absolute Gasteiger partial charge is 0.115 e. The van der Waals surface area contributed by atoms with Gasteiger partial charge >= 0.3 is 0 Å². The van der Waals surface area contributed by atoms with Crippen LogP contribution in [0, 0.1) is 11.8 Å². The van der Waals surface area contributed by atoms with Crippen LogP contribution in [-0.2, 0) is 0 Å². The standard InChI is InChI=1S/C17H25NO2/c19-16-5-3-15(4-6-16)17(20)8-10-18-9-7-13-1-2-14(11-13)12-18/h3-6,13-14,17,19-20H,1-2,7-12H2. The van der Waals surface area contributed by atoms with Crippen molar-refractivity contribution < 1.29 is 10.2 Å². The number of hydrogen-bond donors (Lipinski definition) is 2. The van der Waals surface area contributed by atoms with Gasteiger partial charge in [-0.2, -0.15) is 0 Å². The van der Waals surface area contributed by atoms with Gasteiger partial charge in [0, 0.05) is 13.1 Å². The van der Waals surface area contributed by atoms with Crippen LogP contribution >= 0.6 is 0 Å². The lowest BCUT2D eigenvalue weighted by molar-refractivity contribution is 0.136. The Morgan fingerprint density at radius 3 is 2.65 bits per heavy atom. The summed E-state index contributed by atoms with van der Waals surface area (Å²) in [5.74, 6) is 2.12. The fourth-order valence-electron chi connectivity index (χ4n) is 3.80. The molecule has 20 heavy (non-hydrogen) atoms. The number of hydrogen-bond acceptors (Lipinski definition) is 3. The third-order valence-electron chi connectivity index (χ3n) is 5.02. The third-order valence-corrected chi connectivity index (χ3v) is 5.02. The first-order valence-electron chi connectivity index (χ1n) is 7.90. The largest absolute Gasteiger partial charge is 0.508 e. The second kappa shape index (κ2) is 6.15. The molecule has 1 saturated carbocycles. The number of fused-ring (bicyclic) bond motifs is 2. The van der Waals surface area contributed by atoms with E-state index in [1.165, 1.54) is 38.8 Å². The highest BCUT2D eigenvalue weighted by Gasteiger charge is 2.29. The highest BCUT2D eigenvalue weighted by molar-refractivity contribution is 5.27. The summed E-state index contributed by atoms with van der Waals surface area (Å²) in [6.45, 7) is 3.40. The van der Waals surface area contributed by atoms with Crippen LogP contribution in [0.3, 0.4) is 0 Å². The van der Waals surface area contributed by atoms with Crippen molar-refractivity contribution in [2.45, 2.75) is 38.2 Å². The lowest BCUT2D eigenvalue weighted by atomic mass is 10.0. The minimum Gasteiger partial charge on any atom is -0.508 e. The van der Waals surface area contributed by atoms with E-state index in [2.05, 4.69) is 4.90 Å². The van der Waals surface area contributed by atoms with Gasteiger partial charge in [-0.3, -0.25) is 0 Å². The van der Waals surface area contributed by atoms with Gasteiger partial charge in [0.1, 0.15) is 5.75 Å². The molecule has 1 aliphatic heterocycles. The zero-order valence-corrected chi connectivity index (χ0v) is 12.0. The minimum absolute atomic E-state index is 0.254. The number of phenols is 1. The Morgan fingerprint density at radius 1 is 1.10 bits per heavy atom. The van der Waals surface area contributed by atoms with E-state index in [1.807, 2.05) is 12.1 Å². The van der Waals surface area contributed by atoms with Gasteiger partial charge in [0.15, 0.2) is 0 Å². The van der Waals surface area contributed by atoms with Crippen molar-refractivity contribution in [3.63, 3.8) is 0 Å². The summed E-state index contributed by atoms with van der Waals surface area (Å²) < 4.78 is 0. The first-order valence-corrected chi connectivity index (χ1v) is 7.90. The molecule has 3 nitrogen and oxygen atoms in total. The van der Waals surface area contributed by atoms with Gasteiger partial charge in [0.05, 0.1) is 6.10 Å². The zero-order chi connectivity index (χ0) is 13.9. The SMILES string of the molecule is Oc1ccc(C(O)CCN2CCC3CCC(C3)C2)cc1. The van der Waals surface area contributed by atoms with E-state index in [0.29, 0.717) is 0 Å². The van der Waals surface area contributed by atoms with Crippen molar-refractivity contribution in [2.75, 3.05) is 19.6 Å². The maximum atomic E-state index is 10.2. The Kier molecular flexibility index (Phi) is 4.27. The van der Waals surface area contributed by atoms with E-state index in [1.54, 1.807) is 12.1 Å². The third kappa shape index (κ3) is 3.33. The Hall–Kier alpha value is -1.06. The van der Waals surface area contributed by atoms with E-state index >= 15 is 0 Å². The number of aliphatic hydroxyl groups excluding tert-OH is 1.